The number of hydrogen-bond acceptors (Lipinski definition) is 4. The molecule has 21 heavy (non-hydrogen) atoms. The average Bonchev–Trinajstić information content (AvgIpc) is 2.56. The van der Waals surface area contributed by atoms with Gasteiger partial charge in [-0.2, -0.15) is 0 Å². The highest BCUT2D eigenvalue weighted by molar-refractivity contribution is 5.43. The van der Waals surface area contributed by atoms with Crippen molar-refractivity contribution in [2.45, 2.75) is 25.8 Å². The molecule has 0 bridgehead atoms. The molecule has 1 saturated heterocycles. The van der Waals surface area contributed by atoms with Crippen LogP contribution in [0.25, 0.3) is 0 Å². The molecule has 0 saturated carbocycles. The lowest BCUT2D eigenvalue weighted by Crippen LogP contribution is -2.35. The van der Waals surface area contributed by atoms with E-state index in [1.54, 1.807) is 12.4 Å². The summed E-state index contributed by atoms with van der Waals surface area (Å²) in [7, 11) is 0. The van der Waals surface area contributed by atoms with E-state index in [0.29, 0.717) is 6.54 Å². The molecule has 0 unspecified atom stereocenters. The molecule has 1 aliphatic heterocycles. The van der Waals surface area contributed by atoms with Crippen molar-refractivity contribution in [3.05, 3.63) is 54.0 Å². The lowest BCUT2D eigenvalue weighted by atomic mass is 9.90. The Balaban J connectivity index is 1.60. The third kappa shape index (κ3) is 3.39. The summed E-state index contributed by atoms with van der Waals surface area (Å²) in [4.78, 5) is 11.1. The maximum atomic E-state index is 5.76. The molecule has 4 nitrogen and oxygen atoms in total. The Bertz CT molecular complexity index is 562. The van der Waals surface area contributed by atoms with E-state index >= 15 is 0 Å². The summed E-state index contributed by atoms with van der Waals surface area (Å²) in [6.45, 7) is 2.54. The molecule has 2 aromatic rings. The standard InChI is InChI=1S/C17H22N4/c18-13-16-17(20-9-8-19-16)21-10-6-15(7-11-21)12-14-4-2-1-3-5-14/h1-5,8-9,15H,6-7,10-13,18H2. The van der Waals surface area contributed by atoms with Crippen molar-refractivity contribution in [3.63, 3.8) is 0 Å². The van der Waals surface area contributed by atoms with Gasteiger partial charge in [-0.15, -0.1) is 0 Å². The monoisotopic (exact) mass is 282 g/mol. The Kier molecular flexibility index (Phi) is 4.46. The lowest BCUT2D eigenvalue weighted by molar-refractivity contribution is 0.401. The number of rotatable bonds is 4. The molecule has 3 rings (SSSR count). The van der Waals surface area contributed by atoms with Crippen molar-refractivity contribution >= 4 is 5.82 Å². The highest BCUT2D eigenvalue weighted by atomic mass is 15.2. The predicted molar refractivity (Wildman–Crippen MR) is 85.0 cm³/mol. The summed E-state index contributed by atoms with van der Waals surface area (Å²) in [6.07, 6.45) is 7.06. The Hall–Kier alpha value is -1.94. The third-order valence-corrected chi connectivity index (χ3v) is 4.23. The van der Waals surface area contributed by atoms with Gasteiger partial charge in [-0.3, -0.25) is 4.98 Å². The van der Waals surface area contributed by atoms with E-state index in [2.05, 4.69) is 45.2 Å². The molecular weight excluding hydrogens is 260 g/mol. The minimum absolute atomic E-state index is 0.452. The van der Waals surface area contributed by atoms with Crippen LogP contribution < -0.4 is 10.6 Å². The second kappa shape index (κ2) is 6.68. The topological polar surface area (TPSA) is 55.0 Å². The molecule has 1 fully saturated rings. The van der Waals surface area contributed by atoms with Gasteiger partial charge in [-0.1, -0.05) is 30.3 Å². The van der Waals surface area contributed by atoms with E-state index < -0.39 is 0 Å². The second-order valence-electron chi connectivity index (χ2n) is 5.65. The average molecular weight is 282 g/mol. The third-order valence-electron chi connectivity index (χ3n) is 4.23. The quantitative estimate of drug-likeness (QED) is 0.935. The molecule has 2 heterocycles. The summed E-state index contributed by atoms with van der Waals surface area (Å²) >= 11 is 0. The van der Waals surface area contributed by atoms with Crippen LogP contribution in [0, 0.1) is 5.92 Å². The van der Waals surface area contributed by atoms with Gasteiger partial charge in [0.1, 0.15) is 0 Å². The van der Waals surface area contributed by atoms with Crippen LogP contribution in [0.2, 0.25) is 0 Å². The molecule has 4 heteroatoms. The first-order valence-corrected chi connectivity index (χ1v) is 7.65. The SMILES string of the molecule is NCc1nccnc1N1CCC(Cc2ccccc2)CC1. The van der Waals surface area contributed by atoms with Gasteiger partial charge in [0.25, 0.3) is 0 Å². The van der Waals surface area contributed by atoms with Gasteiger partial charge < -0.3 is 10.6 Å². The van der Waals surface area contributed by atoms with Gasteiger partial charge in [0, 0.05) is 32.0 Å². The molecule has 0 spiro atoms. The smallest absolute Gasteiger partial charge is 0.151 e. The Morgan fingerprint density at radius 2 is 1.76 bits per heavy atom. The molecule has 1 aromatic heterocycles. The number of hydrogen-bond donors (Lipinski definition) is 1. The van der Waals surface area contributed by atoms with Crippen LogP contribution in [-0.2, 0) is 13.0 Å². The van der Waals surface area contributed by atoms with Crippen LogP contribution in [0.1, 0.15) is 24.1 Å². The van der Waals surface area contributed by atoms with Crippen molar-refractivity contribution in [2.75, 3.05) is 18.0 Å². The van der Waals surface area contributed by atoms with E-state index in [9.17, 15) is 0 Å². The largest absolute Gasteiger partial charge is 0.355 e. The summed E-state index contributed by atoms with van der Waals surface area (Å²) in [5.74, 6) is 1.74. The number of nitrogens with two attached hydrogens (primary N) is 1. The molecule has 1 aliphatic rings. The zero-order valence-electron chi connectivity index (χ0n) is 12.3. The zero-order chi connectivity index (χ0) is 14.5. The summed E-state index contributed by atoms with van der Waals surface area (Å²) in [6, 6.07) is 10.8. The number of nitrogens with zero attached hydrogens (tertiary/aromatic N) is 3. The Morgan fingerprint density at radius 1 is 1.05 bits per heavy atom. The summed E-state index contributed by atoms with van der Waals surface area (Å²) in [5, 5.41) is 0. The molecule has 1 aromatic carbocycles. The van der Waals surface area contributed by atoms with Gasteiger partial charge in [-0.25, -0.2) is 4.98 Å². The van der Waals surface area contributed by atoms with E-state index in [1.165, 1.54) is 24.8 Å². The molecule has 0 aliphatic carbocycles. The summed E-state index contributed by atoms with van der Waals surface area (Å²) in [5.41, 5.74) is 8.10. The number of anilines is 1. The van der Waals surface area contributed by atoms with Crippen molar-refractivity contribution in [1.29, 1.82) is 0 Å². The van der Waals surface area contributed by atoms with Crippen LogP contribution in [0.4, 0.5) is 5.82 Å². The Labute approximate surface area is 126 Å². The number of benzene rings is 1. The summed E-state index contributed by atoms with van der Waals surface area (Å²) < 4.78 is 0. The van der Waals surface area contributed by atoms with Gasteiger partial charge >= 0.3 is 0 Å². The molecule has 0 radical (unpaired) electrons. The van der Waals surface area contributed by atoms with Crippen LogP contribution in [0.5, 0.6) is 0 Å². The number of piperidine rings is 1. The fraction of sp³-hybridized carbons (Fsp3) is 0.412. The fourth-order valence-corrected chi connectivity index (χ4v) is 3.06. The molecule has 0 atom stereocenters. The van der Waals surface area contributed by atoms with E-state index in [4.69, 9.17) is 5.73 Å². The highest BCUT2D eigenvalue weighted by Crippen LogP contribution is 2.25. The van der Waals surface area contributed by atoms with Crippen LogP contribution in [0.3, 0.4) is 0 Å². The number of aromatic nitrogens is 2. The van der Waals surface area contributed by atoms with Crippen molar-refractivity contribution in [1.82, 2.24) is 9.97 Å². The van der Waals surface area contributed by atoms with E-state index in [0.717, 1.165) is 30.5 Å². The fourth-order valence-electron chi connectivity index (χ4n) is 3.06. The predicted octanol–water partition coefficient (Wildman–Crippen LogP) is 2.39. The molecule has 110 valence electrons. The molecule has 0 amide bonds. The van der Waals surface area contributed by atoms with Crippen LogP contribution >= 0.6 is 0 Å². The minimum Gasteiger partial charge on any atom is -0.355 e. The van der Waals surface area contributed by atoms with Crippen molar-refractivity contribution in [3.8, 4) is 0 Å². The second-order valence-corrected chi connectivity index (χ2v) is 5.65. The van der Waals surface area contributed by atoms with Crippen molar-refractivity contribution in [2.24, 2.45) is 11.7 Å². The van der Waals surface area contributed by atoms with Gasteiger partial charge in [0.2, 0.25) is 0 Å². The maximum absolute atomic E-state index is 5.76. The molecular formula is C17H22N4. The highest BCUT2D eigenvalue weighted by Gasteiger charge is 2.22. The Morgan fingerprint density at radius 3 is 2.48 bits per heavy atom. The molecule has 2 N–H and O–H groups in total. The zero-order valence-corrected chi connectivity index (χ0v) is 12.3. The first kappa shape index (κ1) is 14.0. The van der Waals surface area contributed by atoms with E-state index in [1.807, 2.05) is 0 Å². The first-order valence-electron chi connectivity index (χ1n) is 7.65. The van der Waals surface area contributed by atoms with Gasteiger partial charge in [-0.05, 0) is 30.7 Å². The normalized spacial score (nSPS) is 16.1. The van der Waals surface area contributed by atoms with Crippen LogP contribution in [0.15, 0.2) is 42.7 Å². The van der Waals surface area contributed by atoms with Gasteiger partial charge in [0.05, 0.1) is 5.69 Å². The maximum Gasteiger partial charge on any atom is 0.151 e. The first-order chi connectivity index (χ1) is 10.4. The van der Waals surface area contributed by atoms with E-state index in [-0.39, 0.29) is 0 Å². The van der Waals surface area contributed by atoms with Crippen molar-refractivity contribution < 1.29 is 0 Å². The van der Waals surface area contributed by atoms with Gasteiger partial charge in [0.15, 0.2) is 5.82 Å². The lowest BCUT2D eigenvalue weighted by Gasteiger charge is -2.33. The minimum atomic E-state index is 0.452. The van der Waals surface area contributed by atoms with Crippen LogP contribution in [-0.4, -0.2) is 23.1 Å².